The number of ether oxygens (including phenoxy) is 1. The molecule has 0 aromatic carbocycles. The van der Waals surface area contributed by atoms with Crippen molar-refractivity contribution in [2.75, 3.05) is 32.8 Å². The zero-order valence-corrected chi connectivity index (χ0v) is 13.3. The van der Waals surface area contributed by atoms with Crippen molar-refractivity contribution in [3.8, 4) is 0 Å². The third-order valence-corrected chi connectivity index (χ3v) is 4.24. The molecule has 0 bridgehead atoms. The van der Waals surface area contributed by atoms with Gasteiger partial charge in [-0.15, -0.1) is 0 Å². The van der Waals surface area contributed by atoms with Gasteiger partial charge in [-0.3, -0.25) is 9.20 Å². The molecule has 2 aromatic heterocycles. The lowest BCUT2D eigenvalue weighted by atomic mass is 10.1. The molecule has 0 N–H and O–H groups in total. The Morgan fingerprint density at radius 2 is 2.27 bits per heavy atom. The van der Waals surface area contributed by atoms with Crippen LogP contribution in [0.4, 0.5) is 0 Å². The molecule has 22 heavy (non-hydrogen) atoms. The second-order valence-corrected chi connectivity index (χ2v) is 6.14. The molecule has 3 rings (SSSR count). The molecule has 1 aliphatic heterocycles. The predicted molar refractivity (Wildman–Crippen MR) is 86.3 cm³/mol. The molecule has 1 aliphatic rings. The molecule has 0 saturated carbocycles. The maximum Gasteiger partial charge on any atom is 0.261 e. The first-order valence-electron chi connectivity index (χ1n) is 7.92. The Morgan fingerprint density at radius 3 is 3.14 bits per heavy atom. The van der Waals surface area contributed by atoms with Crippen LogP contribution in [0, 0.1) is 12.8 Å². The first kappa shape index (κ1) is 15.2. The maximum absolute atomic E-state index is 12.6. The van der Waals surface area contributed by atoms with Crippen LogP contribution in [0.25, 0.3) is 5.65 Å². The van der Waals surface area contributed by atoms with Gasteiger partial charge in [0.05, 0.1) is 13.2 Å². The minimum Gasteiger partial charge on any atom is -0.380 e. The summed E-state index contributed by atoms with van der Waals surface area (Å²) >= 11 is 0. The average Bonchev–Trinajstić information content (AvgIpc) is 2.71. The minimum absolute atomic E-state index is 0.0576. The summed E-state index contributed by atoms with van der Waals surface area (Å²) in [6.07, 6.45) is 2.53. The van der Waals surface area contributed by atoms with E-state index in [2.05, 4.69) is 16.8 Å². The summed E-state index contributed by atoms with van der Waals surface area (Å²) in [6.45, 7) is 8.58. The first-order chi connectivity index (χ1) is 10.6. The highest BCUT2D eigenvalue weighted by Gasteiger charge is 2.16. The smallest absolute Gasteiger partial charge is 0.261 e. The molecule has 0 radical (unpaired) electrons. The van der Waals surface area contributed by atoms with E-state index in [1.807, 2.05) is 25.1 Å². The van der Waals surface area contributed by atoms with Crippen molar-refractivity contribution in [1.82, 2.24) is 14.3 Å². The lowest BCUT2D eigenvalue weighted by Crippen LogP contribution is -2.33. The number of nitrogens with zero attached hydrogens (tertiary/aromatic N) is 3. The number of rotatable bonds is 3. The van der Waals surface area contributed by atoms with Gasteiger partial charge in [-0.25, -0.2) is 4.98 Å². The highest BCUT2D eigenvalue weighted by molar-refractivity contribution is 5.40. The van der Waals surface area contributed by atoms with E-state index in [9.17, 15) is 4.79 Å². The molecule has 0 amide bonds. The van der Waals surface area contributed by atoms with Crippen LogP contribution in [0.1, 0.15) is 18.2 Å². The lowest BCUT2D eigenvalue weighted by Gasteiger charge is -2.21. The van der Waals surface area contributed by atoms with Crippen LogP contribution >= 0.6 is 0 Å². The summed E-state index contributed by atoms with van der Waals surface area (Å²) < 4.78 is 7.21. The van der Waals surface area contributed by atoms with Gasteiger partial charge in [-0.2, -0.15) is 0 Å². The molecule has 1 saturated heterocycles. The van der Waals surface area contributed by atoms with Gasteiger partial charge in [-0.1, -0.05) is 13.0 Å². The quantitative estimate of drug-likeness (QED) is 0.862. The number of fused-ring (bicyclic) bond motifs is 1. The Labute approximate surface area is 130 Å². The third-order valence-electron chi connectivity index (χ3n) is 4.24. The molecule has 3 heterocycles. The molecule has 1 atom stereocenters. The fourth-order valence-electron chi connectivity index (χ4n) is 3.06. The Bertz CT molecular complexity index is 711. The summed E-state index contributed by atoms with van der Waals surface area (Å²) in [5.74, 6) is 0.541. The van der Waals surface area contributed by atoms with Crippen LogP contribution in [0.3, 0.4) is 0 Å². The zero-order chi connectivity index (χ0) is 15.5. The monoisotopic (exact) mass is 301 g/mol. The topological polar surface area (TPSA) is 46.8 Å². The van der Waals surface area contributed by atoms with Gasteiger partial charge in [0.25, 0.3) is 5.56 Å². The van der Waals surface area contributed by atoms with Crippen molar-refractivity contribution < 1.29 is 4.74 Å². The summed E-state index contributed by atoms with van der Waals surface area (Å²) in [4.78, 5) is 19.6. The molecule has 5 nitrogen and oxygen atoms in total. The molecule has 0 aliphatic carbocycles. The lowest BCUT2D eigenvalue weighted by molar-refractivity contribution is 0.126. The number of aryl methyl sites for hydroxylation is 1. The number of pyridine rings is 1. The number of hydrogen-bond acceptors (Lipinski definition) is 4. The fourth-order valence-corrected chi connectivity index (χ4v) is 3.06. The van der Waals surface area contributed by atoms with Crippen molar-refractivity contribution in [1.29, 1.82) is 0 Å². The Balaban J connectivity index is 1.80. The zero-order valence-electron chi connectivity index (χ0n) is 13.3. The molecular formula is C17H23N3O2. The first-order valence-corrected chi connectivity index (χ1v) is 7.92. The highest BCUT2D eigenvalue weighted by atomic mass is 16.5. The van der Waals surface area contributed by atoms with Gasteiger partial charge >= 0.3 is 0 Å². The highest BCUT2D eigenvalue weighted by Crippen LogP contribution is 2.09. The normalized spacial score (nSPS) is 20.2. The van der Waals surface area contributed by atoms with Gasteiger partial charge in [0, 0.05) is 37.1 Å². The van der Waals surface area contributed by atoms with Crippen LogP contribution in [0.15, 0.2) is 29.2 Å². The van der Waals surface area contributed by atoms with Crippen LogP contribution in [-0.4, -0.2) is 47.1 Å². The molecular weight excluding hydrogens is 278 g/mol. The van der Waals surface area contributed by atoms with E-state index in [4.69, 9.17) is 4.74 Å². The van der Waals surface area contributed by atoms with Crippen molar-refractivity contribution in [3.63, 3.8) is 0 Å². The van der Waals surface area contributed by atoms with E-state index in [0.29, 0.717) is 11.6 Å². The molecule has 0 spiro atoms. The number of aromatic nitrogens is 2. The van der Waals surface area contributed by atoms with E-state index in [-0.39, 0.29) is 5.56 Å². The summed E-state index contributed by atoms with van der Waals surface area (Å²) in [7, 11) is 0. The van der Waals surface area contributed by atoms with Gasteiger partial charge < -0.3 is 9.64 Å². The van der Waals surface area contributed by atoms with Crippen molar-refractivity contribution in [2.24, 2.45) is 5.92 Å². The van der Waals surface area contributed by atoms with Crippen LogP contribution in [0.2, 0.25) is 0 Å². The standard InChI is InChI=1S/C17H23N3O2/c1-13-11-19(9-10-22-12-13)8-6-15-14(2)18-16-5-3-4-7-20(16)17(15)21/h3-5,7,13H,6,8-12H2,1-2H3. The van der Waals surface area contributed by atoms with E-state index in [0.717, 1.165) is 50.5 Å². The number of hydrogen-bond donors (Lipinski definition) is 0. The Kier molecular flexibility index (Phi) is 4.55. The molecule has 118 valence electrons. The van der Waals surface area contributed by atoms with E-state index < -0.39 is 0 Å². The fraction of sp³-hybridized carbons (Fsp3) is 0.529. The van der Waals surface area contributed by atoms with Gasteiger partial charge in [0.2, 0.25) is 0 Å². The van der Waals surface area contributed by atoms with Crippen molar-refractivity contribution >= 4 is 5.65 Å². The Hall–Kier alpha value is -1.72. The summed E-state index contributed by atoms with van der Waals surface area (Å²) in [5.41, 5.74) is 2.43. The molecule has 1 fully saturated rings. The predicted octanol–water partition coefficient (Wildman–Crippen LogP) is 1.51. The SMILES string of the molecule is Cc1nc2ccccn2c(=O)c1CCN1CCOCC(C)C1. The molecule has 2 aromatic rings. The van der Waals surface area contributed by atoms with E-state index in [1.165, 1.54) is 0 Å². The van der Waals surface area contributed by atoms with Gasteiger partial charge in [0.15, 0.2) is 0 Å². The van der Waals surface area contributed by atoms with Crippen LogP contribution in [0.5, 0.6) is 0 Å². The third kappa shape index (κ3) is 3.20. The van der Waals surface area contributed by atoms with E-state index in [1.54, 1.807) is 10.6 Å². The van der Waals surface area contributed by atoms with Crippen molar-refractivity contribution in [3.05, 3.63) is 46.0 Å². The van der Waals surface area contributed by atoms with Crippen LogP contribution < -0.4 is 5.56 Å². The maximum atomic E-state index is 12.6. The minimum atomic E-state index is 0.0576. The summed E-state index contributed by atoms with van der Waals surface area (Å²) in [5, 5.41) is 0. The van der Waals surface area contributed by atoms with E-state index >= 15 is 0 Å². The second kappa shape index (κ2) is 6.58. The van der Waals surface area contributed by atoms with Crippen molar-refractivity contribution in [2.45, 2.75) is 20.3 Å². The van der Waals surface area contributed by atoms with Gasteiger partial charge in [-0.05, 0) is 31.4 Å². The Morgan fingerprint density at radius 1 is 1.41 bits per heavy atom. The molecule has 1 unspecified atom stereocenters. The largest absolute Gasteiger partial charge is 0.380 e. The molecule has 5 heteroatoms. The van der Waals surface area contributed by atoms with Gasteiger partial charge in [0.1, 0.15) is 5.65 Å². The second-order valence-electron chi connectivity index (χ2n) is 6.14. The van der Waals surface area contributed by atoms with Crippen LogP contribution in [-0.2, 0) is 11.2 Å². The average molecular weight is 301 g/mol. The summed E-state index contributed by atoms with van der Waals surface area (Å²) in [6, 6.07) is 5.63.